The van der Waals surface area contributed by atoms with Crippen LogP contribution in [0.4, 0.5) is 16.0 Å². The summed E-state index contributed by atoms with van der Waals surface area (Å²) in [5.41, 5.74) is 3.12. The quantitative estimate of drug-likeness (QED) is 0.470. The van der Waals surface area contributed by atoms with E-state index >= 15 is 0 Å². The average molecular weight is 454 g/mol. The first-order chi connectivity index (χ1) is 15.3. The highest BCUT2D eigenvalue weighted by molar-refractivity contribution is 6.35. The Morgan fingerprint density at radius 2 is 1.84 bits per heavy atom. The van der Waals surface area contributed by atoms with Gasteiger partial charge in [0.1, 0.15) is 23.0 Å². The van der Waals surface area contributed by atoms with Crippen molar-refractivity contribution in [2.45, 2.75) is 32.3 Å². The molecule has 164 valence electrons. The van der Waals surface area contributed by atoms with Crippen LogP contribution in [0.3, 0.4) is 0 Å². The molecule has 8 nitrogen and oxygen atoms in total. The molecule has 1 aliphatic rings. The number of aryl methyl sites for hydroxylation is 2. The van der Waals surface area contributed by atoms with E-state index in [1.54, 1.807) is 34.6 Å². The lowest BCUT2D eigenvalue weighted by Crippen LogP contribution is -2.09. The molecule has 0 bridgehead atoms. The van der Waals surface area contributed by atoms with Crippen LogP contribution < -0.4 is 5.32 Å². The normalized spacial score (nSPS) is 14.6. The lowest BCUT2D eigenvalue weighted by molar-refractivity contribution is 0.150. The van der Waals surface area contributed by atoms with E-state index in [4.69, 9.17) is 11.6 Å². The van der Waals surface area contributed by atoms with Crippen LogP contribution in [-0.2, 0) is 12.6 Å². The van der Waals surface area contributed by atoms with Gasteiger partial charge in [-0.2, -0.15) is 10.2 Å². The van der Waals surface area contributed by atoms with Gasteiger partial charge >= 0.3 is 0 Å². The highest BCUT2D eigenvalue weighted by atomic mass is 35.5. The SMILES string of the molecule is Cc1nn(-c2cc(Nc3nn(C)c(-c4ccc(F)cc4)c3Cl)ncn2)c(C)c1C1(O)CC1. The number of rotatable bonds is 5. The van der Waals surface area contributed by atoms with Gasteiger partial charge in [0.15, 0.2) is 11.6 Å². The molecule has 0 aliphatic heterocycles. The highest BCUT2D eigenvalue weighted by Crippen LogP contribution is 2.48. The van der Waals surface area contributed by atoms with Gasteiger partial charge in [-0.05, 0) is 51.0 Å². The van der Waals surface area contributed by atoms with Crippen molar-refractivity contribution in [2.24, 2.45) is 7.05 Å². The molecule has 5 rings (SSSR count). The second-order valence-corrected chi connectivity index (χ2v) is 8.40. The second-order valence-electron chi connectivity index (χ2n) is 8.02. The molecule has 32 heavy (non-hydrogen) atoms. The van der Waals surface area contributed by atoms with Crippen LogP contribution in [0.1, 0.15) is 29.8 Å². The zero-order valence-electron chi connectivity index (χ0n) is 17.8. The van der Waals surface area contributed by atoms with Crippen molar-refractivity contribution in [2.75, 3.05) is 5.32 Å². The molecule has 4 aromatic rings. The predicted octanol–water partition coefficient (Wildman–Crippen LogP) is 4.20. The zero-order chi connectivity index (χ0) is 22.6. The van der Waals surface area contributed by atoms with E-state index < -0.39 is 5.60 Å². The summed E-state index contributed by atoms with van der Waals surface area (Å²) in [6.07, 6.45) is 2.91. The van der Waals surface area contributed by atoms with Crippen molar-refractivity contribution in [3.8, 4) is 17.1 Å². The molecule has 1 aliphatic carbocycles. The number of halogens is 2. The molecule has 0 atom stereocenters. The monoisotopic (exact) mass is 453 g/mol. The van der Waals surface area contributed by atoms with E-state index in [1.165, 1.54) is 18.5 Å². The number of hydrogen-bond donors (Lipinski definition) is 2. The van der Waals surface area contributed by atoms with E-state index in [9.17, 15) is 9.50 Å². The molecule has 3 heterocycles. The number of benzene rings is 1. The molecule has 2 N–H and O–H groups in total. The van der Waals surface area contributed by atoms with E-state index in [0.717, 1.165) is 35.4 Å². The first-order valence-corrected chi connectivity index (χ1v) is 10.5. The van der Waals surface area contributed by atoms with Gasteiger partial charge in [-0.1, -0.05) is 11.6 Å². The molecular formula is C22H21ClFN7O. The summed E-state index contributed by atoms with van der Waals surface area (Å²) in [5, 5.41) is 23.1. The van der Waals surface area contributed by atoms with E-state index in [2.05, 4.69) is 25.5 Å². The third-order valence-electron chi connectivity index (χ3n) is 5.70. The summed E-state index contributed by atoms with van der Waals surface area (Å²) in [7, 11) is 1.77. The van der Waals surface area contributed by atoms with E-state index in [1.807, 2.05) is 13.8 Å². The molecule has 0 spiro atoms. The van der Waals surface area contributed by atoms with Crippen molar-refractivity contribution in [1.29, 1.82) is 0 Å². The lowest BCUT2D eigenvalue weighted by atomic mass is 10.1. The van der Waals surface area contributed by atoms with Gasteiger partial charge in [0.25, 0.3) is 0 Å². The third kappa shape index (κ3) is 3.43. The van der Waals surface area contributed by atoms with Crippen LogP contribution in [-0.4, -0.2) is 34.6 Å². The minimum Gasteiger partial charge on any atom is -0.385 e. The number of nitrogens with zero attached hydrogens (tertiary/aromatic N) is 6. The van der Waals surface area contributed by atoms with Crippen LogP contribution in [0, 0.1) is 19.7 Å². The van der Waals surface area contributed by atoms with Gasteiger partial charge in [-0.3, -0.25) is 4.68 Å². The van der Waals surface area contributed by atoms with Gasteiger partial charge < -0.3 is 10.4 Å². The topological polar surface area (TPSA) is 93.7 Å². The van der Waals surface area contributed by atoms with Gasteiger partial charge in [0.05, 0.1) is 17.0 Å². The third-order valence-corrected chi connectivity index (χ3v) is 6.06. The molecule has 0 unspecified atom stereocenters. The van der Waals surface area contributed by atoms with E-state index in [-0.39, 0.29) is 5.82 Å². The Balaban J connectivity index is 1.47. The second kappa shape index (κ2) is 7.39. The minimum atomic E-state index is -0.779. The molecule has 3 aromatic heterocycles. The Bertz CT molecular complexity index is 1330. The van der Waals surface area contributed by atoms with Crippen LogP contribution in [0.2, 0.25) is 5.02 Å². The Labute approximate surface area is 188 Å². The molecule has 1 fully saturated rings. The van der Waals surface area contributed by atoms with Crippen LogP contribution in [0.15, 0.2) is 36.7 Å². The Morgan fingerprint density at radius 3 is 2.53 bits per heavy atom. The zero-order valence-corrected chi connectivity index (χ0v) is 18.5. The van der Waals surface area contributed by atoms with E-state index in [0.29, 0.717) is 28.2 Å². The van der Waals surface area contributed by atoms with Crippen molar-refractivity contribution in [1.82, 2.24) is 29.5 Å². The predicted molar refractivity (Wildman–Crippen MR) is 119 cm³/mol. The Kier molecular flexibility index (Phi) is 4.75. The largest absolute Gasteiger partial charge is 0.385 e. The maximum Gasteiger partial charge on any atom is 0.173 e. The van der Waals surface area contributed by atoms with Gasteiger partial charge in [-0.25, -0.2) is 19.0 Å². The first-order valence-electron chi connectivity index (χ1n) is 10.1. The van der Waals surface area contributed by atoms with Crippen molar-refractivity contribution in [3.05, 3.63) is 64.5 Å². The summed E-state index contributed by atoms with van der Waals surface area (Å²) in [5.74, 6) is 1.14. The Hall–Kier alpha value is -3.30. The standard InChI is InChI=1S/C22H21ClFN7O/c1-12-18(22(32)8-9-22)13(2)31(28-12)17-10-16(25-11-26-17)27-21-19(23)20(30(3)29-21)14-4-6-15(24)7-5-14/h4-7,10-11,32H,8-9H2,1-3H3,(H,25,26,27,29). The number of hydrogen-bond acceptors (Lipinski definition) is 6. The summed E-state index contributed by atoms with van der Waals surface area (Å²) in [4.78, 5) is 8.62. The smallest absolute Gasteiger partial charge is 0.173 e. The fourth-order valence-corrected chi connectivity index (χ4v) is 4.38. The maximum absolute atomic E-state index is 13.3. The molecule has 0 amide bonds. The van der Waals surface area contributed by atoms with Crippen LogP contribution in [0.5, 0.6) is 0 Å². The molecule has 10 heteroatoms. The summed E-state index contributed by atoms with van der Waals surface area (Å²) >= 11 is 6.59. The van der Waals surface area contributed by atoms with Crippen molar-refractivity contribution in [3.63, 3.8) is 0 Å². The molecule has 1 aromatic carbocycles. The van der Waals surface area contributed by atoms with Crippen molar-refractivity contribution < 1.29 is 9.50 Å². The highest BCUT2D eigenvalue weighted by Gasteiger charge is 2.46. The maximum atomic E-state index is 13.3. The lowest BCUT2D eigenvalue weighted by Gasteiger charge is -2.09. The molecular weight excluding hydrogens is 433 g/mol. The molecule has 1 saturated carbocycles. The van der Waals surface area contributed by atoms with Crippen LogP contribution >= 0.6 is 11.6 Å². The summed E-state index contributed by atoms with van der Waals surface area (Å²) in [6.45, 7) is 3.81. The number of nitrogens with one attached hydrogen (secondary N) is 1. The van der Waals surface area contributed by atoms with Crippen molar-refractivity contribution >= 4 is 23.2 Å². The van der Waals surface area contributed by atoms with Gasteiger partial charge in [-0.15, -0.1) is 0 Å². The van der Waals surface area contributed by atoms with Crippen LogP contribution in [0.25, 0.3) is 17.1 Å². The first kappa shape index (κ1) is 20.6. The summed E-state index contributed by atoms with van der Waals surface area (Å²) < 4.78 is 16.6. The number of aromatic nitrogens is 6. The van der Waals surface area contributed by atoms with Gasteiger partial charge in [0.2, 0.25) is 0 Å². The summed E-state index contributed by atoms with van der Waals surface area (Å²) in [6, 6.07) is 7.80. The number of aliphatic hydroxyl groups is 1. The fourth-order valence-electron chi connectivity index (χ4n) is 4.06. The minimum absolute atomic E-state index is 0.319. The fraction of sp³-hybridized carbons (Fsp3) is 0.273. The Morgan fingerprint density at radius 1 is 1.12 bits per heavy atom. The van der Waals surface area contributed by atoms with Gasteiger partial charge in [0, 0.05) is 29.9 Å². The molecule has 0 saturated heterocycles. The molecule has 0 radical (unpaired) electrons. The average Bonchev–Trinajstić information content (AvgIpc) is 3.33. The number of anilines is 2.